The molecule has 3 nitrogen and oxygen atoms in total. The average Bonchev–Trinajstić information content (AvgIpc) is 2.48. The van der Waals surface area contributed by atoms with Crippen molar-refractivity contribution in [1.29, 1.82) is 0 Å². The fourth-order valence-electron chi connectivity index (χ4n) is 1.26. The van der Waals surface area contributed by atoms with Crippen molar-refractivity contribution in [2.24, 2.45) is 5.92 Å². The fourth-order valence-corrected chi connectivity index (χ4v) is 1.59. The molecule has 0 aliphatic heterocycles. The van der Waals surface area contributed by atoms with E-state index >= 15 is 0 Å². The summed E-state index contributed by atoms with van der Waals surface area (Å²) in [6, 6.07) is 0.557. The number of nitrogens with zero attached hydrogens (tertiary/aromatic N) is 2. The Balaban J connectivity index is 2.30. The van der Waals surface area contributed by atoms with Gasteiger partial charge in [0, 0.05) is 18.8 Å². The molecule has 1 unspecified atom stereocenters. The second-order valence-electron chi connectivity index (χ2n) is 4.05. The lowest BCUT2D eigenvalue weighted by Gasteiger charge is -2.14. The van der Waals surface area contributed by atoms with Crippen LogP contribution in [-0.4, -0.2) is 22.4 Å². The highest BCUT2D eigenvalue weighted by molar-refractivity contribution is 9.10. The van der Waals surface area contributed by atoms with Crippen molar-refractivity contribution in [3.8, 4) is 0 Å². The van der Waals surface area contributed by atoms with Crippen molar-refractivity contribution in [1.82, 2.24) is 15.1 Å². The van der Waals surface area contributed by atoms with Crippen LogP contribution in [0, 0.1) is 5.92 Å². The van der Waals surface area contributed by atoms with Gasteiger partial charge in [-0.15, -0.1) is 0 Å². The molecule has 0 saturated heterocycles. The molecule has 1 N–H and O–H groups in total. The Labute approximate surface area is 94.0 Å². The van der Waals surface area contributed by atoms with Gasteiger partial charge < -0.3 is 5.32 Å². The summed E-state index contributed by atoms with van der Waals surface area (Å²) in [4.78, 5) is 0. The third-order valence-electron chi connectivity index (χ3n) is 1.98. The number of hydrogen-bond acceptors (Lipinski definition) is 2. The first-order valence-corrected chi connectivity index (χ1v) is 5.78. The van der Waals surface area contributed by atoms with Gasteiger partial charge in [0.2, 0.25) is 0 Å². The van der Waals surface area contributed by atoms with Gasteiger partial charge in [0.25, 0.3) is 0 Å². The van der Waals surface area contributed by atoms with E-state index in [1.807, 2.05) is 17.1 Å². The van der Waals surface area contributed by atoms with Gasteiger partial charge in [-0.3, -0.25) is 4.68 Å². The first-order chi connectivity index (χ1) is 6.58. The van der Waals surface area contributed by atoms with E-state index in [9.17, 15) is 0 Å². The summed E-state index contributed by atoms with van der Waals surface area (Å²) in [6.07, 6.45) is 3.83. The van der Waals surface area contributed by atoms with Crippen molar-refractivity contribution >= 4 is 15.9 Å². The van der Waals surface area contributed by atoms with E-state index in [0.29, 0.717) is 12.0 Å². The first-order valence-electron chi connectivity index (χ1n) is 4.99. The standard InChI is InChI=1S/C10H18BrN3/c1-8(2)12-4-9(3)6-14-7-10(11)5-13-14/h5,7-9,12H,4,6H2,1-3H3. The highest BCUT2D eigenvalue weighted by Gasteiger charge is 2.04. The van der Waals surface area contributed by atoms with Crippen molar-refractivity contribution in [2.75, 3.05) is 6.54 Å². The smallest absolute Gasteiger partial charge is 0.0632 e. The second kappa shape index (κ2) is 5.51. The summed E-state index contributed by atoms with van der Waals surface area (Å²) in [7, 11) is 0. The van der Waals surface area contributed by atoms with Gasteiger partial charge in [-0.1, -0.05) is 20.8 Å². The minimum absolute atomic E-state index is 0.557. The molecule has 14 heavy (non-hydrogen) atoms. The van der Waals surface area contributed by atoms with Crippen LogP contribution in [-0.2, 0) is 6.54 Å². The zero-order valence-corrected chi connectivity index (χ0v) is 10.6. The van der Waals surface area contributed by atoms with Crippen LogP contribution in [0.15, 0.2) is 16.9 Å². The summed E-state index contributed by atoms with van der Waals surface area (Å²) in [5, 5.41) is 7.64. The van der Waals surface area contributed by atoms with Crippen LogP contribution in [0.25, 0.3) is 0 Å². The molecule has 0 spiro atoms. The Morgan fingerprint density at radius 2 is 2.21 bits per heavy atom. The number of nitrogens with one attached hydrogen (secondary N) is 1. The molecule has 80 valence electrons. The third kappa shape index (κ3) is 4.24. The lowest BCUT2D eigenvalue weighted by molar-refractivity contribution is 0.406. The number of halogens is 1. The SMILES string of the molecule is CC(CNC(C)C)Cn1cc(Br)cn1. The molecule has 0 fully saturated rings. The van der Waals surface area contributed by atoms with Crippen LogP contribution in [0.5, 0.6) is 0 Å². The van der Waals surface area contributed by atoms with E-state index in [1.165, 1.54) is 0 Å². The Morgan fingerprint density at radius 1 is 1.50 bits per heavy atom. The van der Waals surface area contributed by atoms with Crippen molar-refractivity contribution < 1.29 is 0 Å². The Morgan fingerprint density at radius 3 is 2.71 bits per heavy atom. The van der Waals surface area contributed by atoms with E-state index in [-0.39, 0.29) is 0 Å². The largest absolute Gasteiger partial charge is 0.314 e. The van der Waals surface area contributed by atoms with E-state index in [0.717, 1.165) is 17.6 Å². The Bertz CT molecular complexity index is 270. The molecule has 0 aromatic carbocycles. The normalized spacial score (nSPS) is 13.5. The van der Waals surface area contributed by atoms with Gasteiger partial charge >= 0.3 is 0 Å². The molecule has 4 heteroatoms. The highest BCUT2D eigenvalue weighted by atomic mass is 79.9. The molecule has 0 radical (unpaired) electrons. The van der Waals surface area contributed by atoms with Gasteiger partial charge in [-0.25, -0.2) is 0 Å². The Kier molecular flexibility index (Phi) is 4.62. The summed E-state index contributed by atoms with van der Waals surface area (Å²) < 4.78 is 3.01. The van der Waals surface area contributed by atoms with Crippen LogP contribution in [0.4, 0.5) is 0 Å². The fraction of sp³-hybridized carbons (Fsp3) is 0.700. The molecule has 1 rings (SSSR count). The summed E-state index contributed by atoms with van der Waals surface area (Å²) in [6.45, 7) is 8.56. The second-order valence-corrected chi connectivity index (χ2v) is 4.96. The maximum Gasteiger partial charge on any atom is 0.0632 e. The number of aromatic nitrogens is 2. The van der Waals surface area contributed by atoms with Crippen LogP contribution >= 0.6 is 15.9 Å². The molecule has 1 heterocycles. The van der Waals surface area contributed by atoms with Crippen molar-refractivity contribution in [3.05, 3.63) is 16.9 Å². The van der Waals surface area contributed by atoms with E-state index < -0.39 is 0 Å². The average molecular weight is 260 g/mol. The number of hydrogen-bond donors (Lipinski definition) is 1. The Hall–Kier alpha value is -0.350. The molecule has 0 saturated carbocycles. The predicted octanol–water partition coefficient (Wildman–Crippen LogP) is 2.28. The maximum atomic E-state index is 4.22. The molecule has 0 aliphatic rings. The van der Waals surface area contributed by atoms with E-state index in [1.54, 1.807) is 0 Å². The molecular formula is C10H18BrN3. The van der Waals surface area contributed by atoms with Gasteiger partial charge in [0.15, 0.2) is 0 Å². The minimum atomic E-state index is 0.557. The van der Waals surface area contributed by atoms with Crippen molar-refractivity contribution in [3.63, 3.8) is 0 Å². The van der Waals surface area contributed by atoms with Crippen LogP contribution < -0.4 is 5.32 Å². The molecule has 0 aliphatic carbocycles. The van der Waals surface area contributed by atoms with Crippen LogP contribution in [0.3, 0.4) is 0 Å². The molecule has 1 aromatic heterocycles. The molecular weight excluding hydrogens is 242 g/mol. The maximum absolute atomic E-state index is 4.22. The predicted molar refractivity (Wildman–Crippen MR) is 62.2 cm³/mol. The lowest BCUT2D eigenvalue weighted by Crippen LogP contribution is -2.29. The molecule has 1 aromatic rings. The lowest BCUT2D eigenvalue weighted by atomic mass is 10.2. The first kappa shape index (κ1) is 11.7. The van der Waals surface area contributed by atoms with E-state index in [4.69, 9.17) is 0 Å². The number of rotatable bonds is 5. The summed E-state index contributed by atoms with van der Waals surface area (Å²) in [5.41, 5.74) is 0. The van der Waals surface area contributed by atoms with Gasteiger partial charge in [-0.05, 0) is 28.4 Å². The van der Waals surface area contributed by atoms with Gasteiger partial charge in [0.05, 0.1) is 10.7 Å². The zero-order chi connectivity index (χ0) is 10.6. The monoisotopic (exact) mass is 259 g/mol. The van der Waals surface area contributed by atoms with Crippen LogP contribution in [0.2, 0.25) is 0 Å². The molecule has 0 bridgehead atoms. The van der Waals surface area contributed by atoms with Gasteiger partial charge in [-0.2, -0.15) is 5.10 Å². The highest BCUT2D eigenvalue weighted by Crippen LogP contribution is 2.08. The zero-order valence-electron chi connectivity index (χ0n) is 9.00. The quantitative estimate of drug-likeness (QED) is 0.880. The summed E-state index contributed by atoms with van der Waals surface area (Å²) >= 11 is 3.39. The van der Waals surface area contributed by atoms with Gasteiger partial charge in [0.1, 0.15) is 0 Å². The topological polar surface area (TPSA) is 29.9 Å². The minimum Gasteiger partial charge on any atom is -0.314 e. The third-order valence-corrected chi connectivity index (χ3v) is 2.38. The van der Waals surface area contributed by atoms with E-state index in [2.05, 4.69) is 47.1 Å². The van der Waals surface area contributed by atoms with Crippen LogP contribution in [0.1, 0.15) is 20.8 Å². The molecule has 0 amide bonds. The molecule has 1 atom stereocenters. The summed E-state index contributed by atoms with van der Waals surface area (Å²) in [5.74, 6) is 0.601. The van der Waals surface area contributed by atoms with Crippen molar-refractivity contribution in [2.45, 2.75) is 33.4 Å².